The van der Waals surface area contributed by atoms with Gasteiger partial charge in [0.1, 0.15) is 4.21 Å². The molecule has 6 heteroatoms. The van der Waals surface area contributed by atoms with Crippen molar-refractivity contribution in [1.82, 2.24) is 10.0 Å². The van der Waals surface area contributed by atoms with Crippen LogP contribution >= 0.6 is 11.3 Å². The molecule has 1 heterocycles. The molecular weight excluding hydrogens is 280 g/mol. The summed E-state index contributed by atoms with van der Waals surface area (Å²) in [5.74, 6) is 0. The van der Waals surface area contributed by atoms with E-state index in [1.807, 2.05) is 12.3 Å². The van der Waals surface area contributed by atoms with Gasteiger partial charge in [-0.2, -0.15) is 0 Å². The number of hydrogen-bond donors (Lipinski definition) is 2. The normalized spacial score (nSPS) is 18.5. The van der Waals surface area contributed by atoms with Gasteiger partial charge in [0, 0.05) is 18.1 Å². The number of sulfonamides is 1. The number of rotatable bonds is 6. The van der Waals surface area contributed by atoms with Gasteiger partial charge in [0.2, 0.25) is 0 Å². The van der Waals surface area contributed by atoms with Crippen molar-refractivity contribution in [3.8, 4) is 0 Å². The minimum absolute atomic E-state index is 0.237. The maximum Gasteiger partial charge on any atom is 0.250 e. The van der Waals surface area contributed by atoms with E-state index in [0.29, 0.717) is 16.8 Å². The van der Waals surface area contributed by atoms with Crippen LogP contribution in [0.1, 0.15) is 45.6 Å². The monoisotopic (exact) mass is 302 g/mol. The van der Waals surface area contributed by atoms with Crippen LogP contribution in [0, 0.1) is 0 Å². The third-order valence-electron chi connectivity index (χ3n) is 3.45. The summed E-state index contributed by atoms with van der Waals surface area (Å²) in [4.78, 5) is 0. The zero-order valence-electron chi connectivity index (χ0n) is 11.7. The topological polar surface area (TPSA) is 58.2 Å². The van der Waals surface area contributed by atoms with Crippen molar-refractivity contribution in [2.45, 2.75) is 62.4 Å². The zero-order valence-corrected chi connectivity index (χ0v) is 13.3. The van der Waals surface area contributed by atoms with E-state index in [4.69, 9.17) is 0 Å². The highest BCUT2D eigenvalue weighted by molar-refractivity contribution is 7.91. The summed E-state index contributed by atoms with van der Waals surface area (Å²) in [6, 6.07) is 2.16. The Morgan fingerprint density at radius 1 is 1.42 bits per heavy atom. The molecule has 4 nitrogen and oxygen atoms in total. The van der Waals surface area contributed by atoms with Gasteiger partial charge in [-0.05, 0) is 43.2 Å². The highest BCUT2D eigenvalue weighted by atomic mass is 32.2. The Hall–Kier alpha value is -0.430. The first kappa shape index (κ1) is 15.0. The molecule has 19 heavy (non-hydrogen) atoms. The summed E-state index contributed by atoms with van der Waals surface area (Å²) < 4.78 is 27.8. The summed E-state index contributed by atoms with van der Waals surface area (Å²) in [5, 5.41) is 5.20. The molecule has 0 saturated heterocycles. The number of hydrogen-bond acceptors (Lipinski definition) is 4. The first-order valence-corrected chi connectivity index (χ1v) is 9.02. The molecule has 1 fully saturated rings. The summed E-state index contributed by atoms with van der Waals surface area (Å²) >= 11 is 1.29. The summed E-state index contributed by atoms with van der Waals surface area (Å²) in [6.45, 7) is 6.83. The molecule has 2 N–H and O–H groups in total. The Bertz CT molecular complexity index is 531. The van der Waals surface area contributed by atoms with E-state index in [1.54, 1.807) is 6.07 Å². The van der Waals surface area contributed by atoms with Crippen molar-refractivity contribution >= 4 is 21.4 Å². The maximum absolute atomic E-state index is 12.3. The Morgan fingerprint density at radius 2 is 2.11 bits per heavy atom. The fourth-order valence-electron chi connectivity index (χ4n) is 2.09. The van der Waals surface area contributed by atoms with Gasteiger partial charge in [0.25, 0.3) is 10.0 Å². The van der Waals surface area contributed by atoms with E-state index in [2.05, 4.69) is 23.9 Å². The lowest BCUT2D eigenvalue weighted by Gasteiger charge is -2.38. The van der Waals surface area contributed by atoms with Crippen molar-refractivity contribution in [1.29, 1.82) is 0 Å². The Balaban J connectivity index is 2.04. The largest absolute Gasteiger partial charge is 0.310 e. The van der Waals surface area contributed by atoms with E-state index in [-0.39, 0.29) is 5.54 Å². The number of thiophene rings is 1. The lowest BCUT2D eigenvalue weighted by atomic mass is 9.80. The van der Waals surface area contributed by atoms with E-state index < -0.39 is 10.0 Å². The zero-order chi connectivity index (χ0) is 14.1. The quantitative estimate of drug-likeness (QED) is 0.848. The van der Waals surface area contributed by atoms with Crippen molar-refractivity contribution in [2.75, 3.05) is 0 Å². The van der Waals surface area contributed by atoms with Crippen LogP contribution in [0.5, 0.6) is 0 Å². The predicted octanol–water partition coefficient (Wildman–Crippen LogP) is 2.47. The maximum atomic E-state index is 12.3. The van der Waals surface area contributed by atoms with Crippen molar-refractivity contribution < 1.29 is 8.42 Å². The van der Waals surface area contributed by atoms with Crippen LogP contribution < -0.4 is 10.0 Å². The van der Waals surface area contributed by atoms with Crippen LogP contribution in [0.3, 0.4) is 0 Å². The molecule has 2 rings (SSSR count). The molecular formula is C13H22N2O2S2. The highest BCUT2D eigenvalue weighted by Crippen LogP contribution is 2.33. The third-order valence-corrected chi connectivity index (χ3v) is 6.57. The van der Waals surface area contributed by atoms with Gasteiger partial charge in [-0.1, -0.05) is 13.8 Å². The Morgan fingerprint density at radius 3 is 2.63 bits per heavy atom. The van der Waals surface area contributed by atoms with Crippen LogP contribution in [0.4, 0.5) is 0 Å². The van der Waals surface area contributed by atoms with E-state index >= 15 is 0 Å². The molecule has 0 amide bonds. The smallest absolute Gasteiger partial charge is 0.250 e. The molecule has 0 aromatic carbocycles. The van der Waals surface area contributed by atoms with E-state index in [0.717, 1.165) is 24.8 Å². The SMILES string of the molecule is CC(C)NCc1csc(S(=O)(=O)NC2(C)CCC2)c1. The summed E-state index contributed by atoms with van der Waals surface area (Å²) in [6.07, 6.45) is 2.96. The van der Waals surface area contributed by atoms with E-state index in [9.17, 15) is 8.42 Å². The molecule has 0 radical (unpaired) electrons. The molecule has 1 aromatic heterocycles. The van der Waals surface area contributed by atoms with Crippen LogP contribution in [-0.2, 0) is 16.6 Å². The molecule has 1 aliphatic rings. The van der Waals surface area contributed by atoms with E-state index in [1.165, 1.54) is 11.3 Å². The predicted molar refractivity (Wildman–Crippen MR) is 78.9 cm³/mol. The fraction of sp³-hybridized carbons (Fsp3) is 0.692. The minimum Gasteiger partial charge on any atom is -0.310 e. The van der Waals surface area contributed by atoms with Crippen molar-refractivity contribution in [3.05, 3.63) is 17.0 Å². The second-order valence-electron chi connectivity index (χ2n) is 5.83. The second-order valence-corrected chi connectivity index (χ2v) is 8.65. The average Bonchev–Trinajstić information content (AvgIpc) is 2.73. The minimum atomic E-state index is -3.36. The van der Waals surface area contributed by atoms with Gasteiger partial charge < -0.3 is 5.32 Å². The van der Waals surface area contributed by atoms with Crippen LogP contribution in [0.2, 0.25) is 0 Å². The molecule has 1 aliphatic carbocycles. The lowest BCUT2D eigenvalue weighted by Crippen LogP contribution is -2.50. The average molecular weight is 302 g/mol. The standard InChI is InChI=1S/C13H22N2O2S2/c1-10(2)14-8-11-7-12(18-9-11)19(16,17)15-13(3)5-4-6-13/h7,9-10,14-15H,4-6,8H2,1-3H3. The molecule has 1 aromatic rings. The molecule has 0 spiro atoms. The Kier molecular flexibility index (Phi) is 4.35. The number of nitrogens with one attached hydrogen (secondary N) is 2. The molecule has 0 unspecified atom stereocenters. The van der Waals surface area contributed by atoms with Crippen molar-refractivity contribution in [2.24, 2.45) is 0 Å². The Labute approximate surface area is 119 Å². The molecule has 0 atom stereocenters. The van der Waals surface area contributed by atoms with Gasteiger partial charge in [-0.3, -0.25) is 0 Å². The van der Waals surface area contributed by atoms with Gasteiger partial charge in [0.15, 0.2) is 0 Å². The van der Waals surface area contributed by atoms with Gasteiger partial charge in [-0.25, -0.2) is 13.1 Å². The summed E-state index contributed by atoms with van der Waals surface area (Å²) in [7, 11) is -3.36. The van der Waals surface area contributed by atoms with Gasteiger partial charge in [0.05, 0.1) is 0 Å². The van der Waals surface area contributed by atoms with Gasteiger partial charge in [-0.15, -0.1) is 11.3 Å². The second kappa shape index (κ2) is 5.52. The molecule has 0 aliphatic heterocycles. The first-order valence-electron chi connectivity index (χ1n) is 6.66. The van der Waals surface area contributed by atoms with Gasteiger partial charge >= 0.3 is 0 Å². The highest BCUT2D eigenvalue weighted by Gasteiger charge is 2.36. The third kappa shape index (κ3) is 3.78. The van der Waals surface area contributed by atoms with Crippen LogP contribution in [-0.4, -0.2) is 20.0 Å². The fourth-order valence-corrected chi connectivity index (χ4v) is 4.77. The van der Waals surface area contributed by atoms with Crippen molar-refractivity contribution in [3.63, 3.8) is 0 Å². The lowest BCUT2D eigenvalue weighted by molar-refractivity contribution is 0.248. The summed E-state index contributed by atoms with van der Waals surface area (Å²) in [5.41, 5.74) is 0.789. The molecule has 108 valence electrons. The van der Waals surface area contributed by atoms with Crippen LogP contribution in [0.15, 0.2) is 15.7 Å². The molecule has 0 bridgehead atoms. The molecule has 1 saturated carbocycles. The van der Waals surface area contributed by atoms with Crippen LogP contribution in [0.25, 0.3) is 0 Å². The first-order chi connectivity index (χ1) is 8.81.